The number of benzene rings is 2. The molecule has 2 rings (SSSR count). The van der Waals surface area contributed by atoms with Crippen molar-refractivity contribution in [2.24, 2.45) is 0 Å². The molecule has 0 saturated heterocycles. The Labute approximate surface area is 110 Å². The largest absolute Gasteiger partial charge is 0.313 e. The maximum Gasteiger partial charge on any atom is 0.0358 e. The van der Waals surface area contributed by atoms with Gasteiger partial charge in [-0.2, -0.15) is 0 Å². The van der Waals surface area contributed by atoms with E-state index in [0.717, 1.165) is 6.42 Å². The molecule has 0 unspecified atom stereocenters. The predicted molar refractivity (Wildman–Crippen MR) is 77.9 cm³/mol. The van der Waals surface area contributed by atoms with E-state index in [9.17, 15) is 0 Å². The molecule has 94 valence electrons. The van der Waals surface area contributed by atoms with Crippen molar-refractivity contribution in [2.45, 2.75) is 26.3 Å². The third kappa shape index (κ3) is 3.21. The predicted octanol–water partition coefficient (Wildman–Crippen LogP) is 3.81. The van der Waals surface area contributed by atoms with E-state index in [1.54, 1.807) is 0 Å². The van der Waals surface area contributed by atoms with Crippen LogP contribution in [-0.4, -0.2) is 7.05 Å². The summed E-state index contributed by atoms with van der Waals surface area (Å²) < 4.78 is 0. The number of hydrogen-bond donors (Lipinski definition) is 1. The molecule has 0 spiro atoms. The van der Waals surface area contributed by atoms with E-state index in [1.807, 2.05) is 7.05 Å². The van der Waals surface area contributed by atoms with E-state index < -0.39 is 0 Å². The van der Waals surface area contributed by atoms with Crippen LogP contribution in [0, 0.1) is 13.8 Å². The van der Waals surface area contributed by atoms with Gasteiger partial charge in [-0.15, -0.1) is 0 Å². The maximum absolute atomic E-state index is 3.40. The molecule has 1 nitrogen and oxygen atoms in total. The lowest BCUT2D eigenvalue weighted by atomic mass is 9.98. The number of likely N-dealkylation sites (N-methyl/N-ethyl adjacent to an activating group) is 1. The SMILES string of the molecule is CN[C@@H](Cc1ccc(C)cc1)c1ccc(C)cc1. The standard InChI is InChI=1S/C17H21N/c1-13-4-8-15(9-5-13)12-17(18-3)16-10-6-14(2)7-11-16/h4-11,17-18H,12H2,1-3H3/t17-/m0/s1. The Kier molecular flexibility index (Phi) is 4.16. The Bertz CT molecular complexity index is 482. The van der Waals surface area contributed by atoms with Crippen molar-refractivity contribution in [1.29, 1.82) is 0 Å². The molecule has 0 aliphatic heterocycles. The quantitative estimate of drug-likeness (QED) is 0.855. The first-order chi connectivity index (χ1) is 8.69. The van der Waals surface area contributed by atoms with Crippen LogP contribution in [0.4, 0.5) is 0 Å². The topological polar surface area (TPSA) is 12.0 Å². The van der Waals surface area contributed by atoms with Gasteiger partial charge >= 0.3 is 0 Å². The zero-order valence-electron chi connectivity index (χ0n) is 11.4. The lowest BCUT2D eigenvalue weighted by molar-refractivity contribution is 0.592. The van der Waals surface area contributed by atoms with Crippen LogP contribution in [-0.2, 0) is 6.42 Å². The molecule has 1 atom stereocenters. The molecule has 1 heteroatoms. The number of hydrogen-bond acceptors (Lipinski definition) is 1. The lowest BCUT2D eigenvalue weighted by Crippen LogP contribution is -2.18. The van der Waals surface area contributed by atoms with Crippen LogP contribution < -0.4 is 5.32 Å². The zero-order valence-corrected chi connectivity index (χ0v) is 11.4. The van der Waals surface area contributed by atoms with Gasteiger partial charge in [0.15, 0.2) is 0 Å². The highest BCUT2D eigenvalue weighted by molar-refractivity contribution is 5.28. The Balaban J connectivity index is 2.14. The van der Waals surface area contributed by atoms with Crippen molar-refractivity contribution in [1.82, 2.24) is 5.32 Å². The minimum Gasteiger partial charge on any atom is -0.313 e. The van der Waals surface area contributed by atoms with Gasteiger partial charge in [0.05, 0.1) is 0 Å². The minimum absolute atomic E-state index is 0.383. The molecule has 2 aromatic rings. The van der Waals surface area contributed by atoms with Gasteiger partial charge in [-0.25, -0.2) is 0 Å². The van der Waals surface area contributed by atoms with Gasteiger partial charge in [0.2, 0.25) is 0 Å². The molecule has 0 aromatic heterocycles. The molecule has 1 N–H and O–H groups in total. The summed E-state index contributed by atoms with van der Waals surface area (Å²) in [5, 5.41) is 3.40. The summed E-state index contributed by atoms with van der Waals surface area (Å²) >= 11 is 0. The van der Waals surface area contributed by atoms with Crippen LogP contribution in [0.5, 0.6) is 0 Å². The number of rotatable bonds is 4. The van der Waals surface area contributed by atoms with Crippen molar-refractivity contribution in [3.63, 3.8) is 0 Å². The first kappa shape index (κ1) is 12.8. The highest BCUT2D eigenvalue weighted by Crippen LogP contribution is 2.19. The molecule has 2 aromatic carbocycles. The van der Waals surface area contributed by atoms with E-state index in [4.69, 9.17) is 0 Å². The van der Waals surface area contributed by atoms with Crippen LogP contribution in [0.2, 0.25) is 0 Å². The second-order valence-electron chi connectivity index (χ2n) is 4.94. The van der Waals surface area contributed by atoms with E-state index in [0.29, 0.717) is 6.04 Å². The fourth-order valence-electron chi connectivity index (χ4n) is 2.15. The highest BCUT2D eigenvalue weighted by atomic mass is 14.9. The average molecular weight is 239 g/mol. The Morgan fingerprint density at radius 1 is 0.833 bits per heavy atom. The van der Waals surface area contributed by atoms with Gasteiger partial charge < -0.3 is 5.32 Å². The third-order valence-electron chi connectivity index (χ3n) is 3.39. The molecule has 0 bridgehead atoms. The molecule has 0 radical (unpaired) electrons. The van der Waals surface area contributed by atoms with Gasteiger partial charge in [-0.05, 0) is 38.4 Å². The van der Waals surface area contributed by atoms with Crippen LogP contribution in [0.1, 0.15) is 28.3 Å². The van der Waals surface area contributed by atoms with Crippen molar-refractivity contribution in [3.8, 4) is 0 Å². The monoisotopic (exact) mass is 239 g/mol. The van der Waals surface area contributed by atoms with Gasteiger partial charge in [0.1, 0.15) is 0 Å². The number of nitrogens with one attached hydrogen (secondary N) is 1. The summed E-state index contributed by atoms with van der Waals surface area (Å²) in [7, 11) is 2.03. The molecule has 18 heavy (non-hydrogen) atoms. The fraction of sp³-hybridized carbons (Fsp3) is 0.294. The van der Waals surface area contributed by atoms with Crippen LogP contribution in [0.3, 0.4) is 0 Å². The zero-order chi connectivity index (χ0) is 13.0. The summed E-state index contributed by atoms with van der Waals surface area (Å²) in [6.45, 7) is 4.25. The smallest absolute Gasteiger partial charge is 0.0358 e. The van der Waals surface area contributed by atoms with Gasteiger partial charge in [-0.3, -0.25) is 0 Å². The Morgan fingerprint density at radius 3 is 1.83 bits per heavy atom. The molecule has 0 amide bonds. The van der Waals surface area contributed by atoms with Gasteiger partial charge in [0.25, 0.3) is 0 Å². The second-order valence-corrected chi connectivity index (χ2v) is 4.94. The molecule has 0 heterocycles. The second kappa shape index (κ2) is 5.83. The van der Waals surface area contributed by atoms with Crippen molar-refractivity contribution >= 4 is 0 Å². The minimum atomic E-state index is 0.383. The summed E-state index contributed by atoms with van der Waals surface area (Å²) in [5.41, 5.74) is 5.35. The average Bonchev–Trinajstić information content (AvgIpc) is 2.39. The normalized spacial score (nSPS) is 12.4. The van der Waals surface area contributed by atoms with Crippen molar-refractivity contribution in [3.05, 3.63) is 70.8 Å². The van der Waals surface area contributed by atoms with Gasteiger partial charge in [0, 0.05) is 6.04 Å². The highest BCUT2D eigenvalue weighted by Gasteiger charge is 2.09. The molecule has 0 aliphatic carbocycles. The summed E-state index contributed by atoms with van der Waals surface area (Å²) in [4.78, 5) is 0. The van der Waals surface area contributed by atoms with Crippen LogP contribution in [0.15, 0.2) is 48.5 Å². The lowest BCUT2D eigenvalue weighted by Gasteiger charge is -2.17. The Morgan fingerprint density at radius 2 is 1.33 bits per heavy atom. The van der Waals surface area contributed by atoms with E-state index in [-0.39, 0.29) is 0 Å². The van der Waals surface area contributed by atoms with E-state index in [1.165, 1.54) is 22.3 Å². The van der Waals surface area contributed by atoms with Crippen LogP contribution in [0.25, 0.3) is 0 Å². The summed E-state index contributed by atoms with van der Waals surface area (Å²) in [6, 6.07) is 17.9. The fourth-order valence-corrected chi connectivity index (χ4v) is 2.15. The molecule has 0 saturated carbocycles. The van der Waals surface area contributed by atoms with Crippen molar-refractivity contribution < 1.29 is 0 Å². The molecular weight excluding hydrogens is 218 g/mol. The van der Waals surface area contributed by atoms with E-state index in [2.05, 4.69) is 67.7 Å². The Hall–Kier alpha value is -1.60. The summed E-state index contributed by atoms with van der Waals surface area (Å²) in [5.74, 6) is 0. The molecule has 0 aliphatic rings. The number of aryl methyl sites for hydroxylation is 2. The van der Waals surface area contributed by atoms with Crippen LogP contribution >= 0.6 is 0 Å². The molecular formula is C17H21N. The maximum atomic E-state index is 3.40. The molecule has 0 fully saturated rings. The first-order valence-corrected chi connectivity index (χ1v) is 6.48. The summed E-state index contributed by atoms with van der Waals surface area (Å²) in [6.07, 6.45) is 1.03. The van der Waals surface area contributed by atoms with Gasteiger partial charge in [-0.1, -0.05) is 59.7 Å². The van der Waals surface area contributed by atoms with E-state index >= 15 is 0 Å². The first-order valence-electron chi connectivity index (χ1n) is 6.48. The third-order valence-corrected chi connectivity index (χ3v) is 3.39. The van der Waals surface area contributed by atoms with Crippen molar-refractivity contribution in [2.75, 3.05) is 7.05 Å².